The number of anilines is 1. The smallest absolute Gasteiger partial charge is 0.271 e. The average Bonchev–Trinajstić information content (AvgIpc) is 2.81. The minimum Gasteiger partial charge on any atom is -0.492 e. The molecule has 0 spiro atoms. The van der Waals surface area contributed by atoms with E-state index >= 15 is 0 Å². The Kier molecular flexibility index (Phi) is 8.02. The van der Waals surface area contributed by atoms with E-state index in [1.54, 1.807) is 31.2 Å². The first-order valence-corrected chi connectivity index (χ1v) is 12.4. The van der Waals surface area contributed by atoms with Crippen molar-refractivity contribution in [3.63, 3.8) is 0 Å². The van der Waals surface area contributed by atoms with Crippen LogP contribution < -0.4 is 14.4 Å². The van der Waals surface area contributed by atoms with Gasteiger partial charge in [0.1, 0.15) is 18.2 Å². The molecule has 0 heterocycles. The Morgan fingerprint density at radius 2 is 1.74 bits per heavy atom. The SMILES string of the molecule is Cc1ccc([N+](=O)[O-])cc1N(Cc1ccc(C(=O)NCCOc2ccc(F)cc2)cc1)S(C)(=O)=O. The molecule has 0 radical (unpaired) electrons. The van der Waals surface area contributed by atoms with E-state index in [2.05, 4.69) is 5.32 Å². The lowest BCUT2D eigenvalue weighted by Gasteiger charge is -2.24. The van der Waals surface area contributed by atoms with E-state index in [9.17, 15) is 27.7 Å². The molecule has 11 heteroatoms. The van der Waals surface area contributed by atoms with Gasteiger partial charge in [-0.15, -0.1) is 0 Å². The summed E-state index contributed by atoms with van der Waals surface area (Å²) >= 11 is 0. The highest BCUT2D eigenvalue weighted by atomic mass is 32.2. The number of nitro benzene ring substituents is 1. The largest absolute Gasteiger partial charge is 0.492 e. The second-order valence-corrected chi connectivity index (χ2v) is 9.66. The van der Waals surface area contributed by atoms with Crippen LogP contribution in [-0.2, 0) is 16.6 Å². The Morgan fingerprint density at radius 3 is 2.34 bits per heavy atom. The van der Waals surface area contributed by atoms with Gasteiger partial charge in [-0.05, 0) is 54.4 Å². The predicted octanol–water partition coefficient (Wildman–Crippen LogP) is 3.82. The standard InChI is InChI=1S/C24H24FN3O6S/c1-17-3-10-21(28(30)31)15-23(17)27(35(2,32)33)16-18-4-6-19(7-5-18)24(29)26-13-14-34-22-11-8-20(25)9-12-22/h3-12,15H,13-14,16H2,1-2H3,(H,26,29). The highest BCUT2D eigenvalue weighted by Gasteiger charge is 2.22. The molecular formula is C24H24FN3O6S. The number of carbonyl (C=O) groups excluding carboxylic acids is 1. The van der Waals surface area contributed by atoms with Crippen molar-refractivity contribution in [3.8, 4) is 5.75 Å². The van der Waals surface area contributed by atoms with Crippen LogP contribution in [0.15, 0.2) is 66.7 Å². The van der Waals surface area contributed by atoms with Crippen LogP contribution in [0.4, 0.5) is 15.8 Å². The van der Waals surface area contributed by atoms with Gasteiger partial charge in [0, 0.05) is 17.7 Å². The fourth-order valence-electron chi connectivity index (χ4n) is 3.25. The van der Waals surface area contributed by atoms with Crippen LogP contribution in [0.25, 0.3) is 0 Å². The van der Waals surface area contributed by atoms with Gasteiger partial charge in [-0.3, -0.25) is 19.2 Å². The van der Waals surface area contributed by atoms with Crippen LogP contribution in [-0.4, -0.2) is 38.7 Å². The number of hydrogen-bond donors (Lipinski definition) is 1. The Balaban J connectivity index is 1.64. The van der Waals surface area contributed by atoms with Gasteiger partial charge >= 0.3 is 0 Å². The first-order valence-electron chi connectivity index (χ1n) is 10.5. The zero-order valence-corrected chi connectivity index (χ0v) is 19.9. The van der Waals surface area contributed by atoms with Crippen molar-refractivity contribution >= 4 is 27.3 Å². The second-order valence-electron chi connectivity index (χ2n) is 7.75. The molecule has 9 nitrogen and oxygen atoms in total. The van der Waals surface area contributed by atoms with E-state index in [-0.39, 0.29) is 42.8 Å². The maximum Gasteiger partial charge on any atom is 0.271 e. The third kappa shape index (κ3) is 7.00. The second kappa shape index (κ2) is 11.0. The molecule has 184 valence electrons. The Hall–Kier alpha value is -3.99. The molecule has 1 N–H and O–H groups in total. The molecule has 0 atom stereocenters. The number of nitrogens with one attached hydrogen (secondary N) is 1. The number of nitro groups is 1. The molecule has 0 aliphatic carbocycles. The third-order valence-electron chi connectivity index (χ3n) is 5.08. The van der Waals surface area contributed by atoms with E-state index in [0.717, 1.165) is 10.6 Å². The van der Waals surface area contributed by atoms with E-state index < -0.39 is 14.9 Å². The molecular weight excluding hydrogens is 477 g/mol. The number of non-ortho nitro benzene ring substituents is 1. The van der Waals surface area contributed by atoms with Gasteiger partial charge in [-0.25, -0.2) is 12.8 Å². The highest BCUT2D eigenvalue weighted by Crippen LogP contribution is 2.29. The Labute approximate surface area is 202 Å². The highest BCUT2D eigenvalue weighted by molar-refractivity contribution is 7.92. The number of amides is 1. The zero-order valence-electron chi connectivity index (χ0n) is 19.1. The number of ether oxygens (including phenoxy) is 1. The van der Waals surface area contributed by atoms with Crippen molar-refractivity contribution in [2.45, 2.75) is 13.5 Å². The lowest BCUT2D eigenvalue weighted by atomic mass is 10.1. The molecule has 35 heavy (non-hydrogen) atoms. The summed E-state index contributed by atoms with van der Waals surface area (Å²) < 4.78 is 44.4. The lowest BCUT2D eigenvalue weighted by Crippen LogP contribution is -2.30. The fourth-order valence-corrected chi connectivity index (χ4v) is 4.19. The first-order chi connectivity index (χ1) is 16.5. The minimum absolute atomic E-state index is 0.0613. The molecule has 0 aliphatic heterocycles. The van der Waals surface area contributed by atoms with Crippen molar-refractivity contribution < 1.29 is 27.3 Å². The molecule has 0 aliphatic rings. The number of halogens is 1. The van der Waals surface area contributed by atoms with Gasteiger partial charge in [0.15, 0.2) is 0 Å². The fraction of sp³-hybridized carbons (Fsp3) is 0.208. The molecule has 3 rings (SSSR count). The number of sulfonamides is 1. The van der Waals surface area contributed by atoms with Crippen LogP contribution >= 0.6 is 0 Å². The monoisotopic (exact) mass is 501 g/mol. The van der Waals surface area contributed by atoms with Crippen molar-refractivity contribution in [3.05, 3.63) is 99.4 Å². The number of carbonyl (C=O) groups is 1. The van der Waals surface area contributed by atoms with Crippen molar-refractivity contribution in [1.29, 1.82) is 0 Å². The van der Waals surface area contributed by atoms with Crippen LogP contribution in [0.3, 0.4) is 0 Å². The van der Waals surface area contributed by atoms with Crippen molar-refractivity contribution in [2.75, 3.05) is 23.7 Å². The summed E-state index contributed by atoms with van der Waals surface area (Å²) in [7, 11) is -3.75. The van der Waals surface area contributed by atoms with Crippen LogP contribution in [0.1, 0.15) is 21.5 Å². The average molecular weight is 502 g/mol. The Bertz CT molecular complexity index is 1310. The maximum atomic E-state index is 12.9. The first kappa shape index (κ1) is 25.6. The normalized spacial score (nSPS) is 11.1. The molecule has 0 unspecified atom stereocenters. The maximum absolute atomic E-state index is 12.9. The number of hydrogen-bond acceptors (Lipinski definition) is 6. The lowest BCUT2D eigenvalue weighted by molar-refractivity contribution is -0.384. The predicted molar refractivity (Wildman–Crippen MR) is 130 cm³/mol. The summed E-state index contributed by atoms with van der Waals surface area (Å²) in [5.41, 5.74) is 1.53. The molecule has 0 aromatic heterocycles. The van der Waals surface area contributed by atoms with Crippen LogP contribution in [0.5, 0.6) is 5.75 Å². The molecule has 1 amide bonds. The third-order valence-corrected chi connectivity index (χ3v) is 6.21. The van der Waals surface area contributed by atoms with Crippen LogP contribution in [0.2, 0.25) is 0 Å². The number of benzene rings is 3. The van der Waals surface area contributed by atoms with Crippen molar-refractivity contribution in [2.24, 2.45) is 0 Å². The molecule has 3 aromatic rings. The van der Waals surface area contributed by atoms with E-state index in [0.29, 0.717) is 22.4 Å². The van der Waals surface area contributed by atoms with Gasteiger partial charge in [-0.2, -0.15) is 0 Å². The van der Waals surface area contributed by atoms with Gasteiger partial charge in [-0.1, -0.05) is 18.2 Å². The summed E-state index contributed by atoms with van der Waals surface area (Å²) in [6.07, 6.45) is 1.03. The van der Waals surface area contributed by atoms with Gasteiger partial charge < -0.3 is 10.1 Å². The quantitative estimate of drug-likeness (QED) is 0.256. The number of rotatable bonds is 10. The van der Waals surface area contributed by atoms with Gasteiger partial charge in [0.25, 0.3) is 11.6 Å². The topological polar surface area (TPSA) is 119 Å². The molecule has 0 saturated heterocycles. The van der Waals surface area contributed by atoms with E-state index in [4.69, 9.17) is 4.74 Å². The summed E-state index contributed by atoms with van der Waals surface area (Å²) in [4.78, 5) is 22.9. The summed E-state index contributed by atoms with van der Waals surface area (Å²) in [5.74, 6) is -0.220. The number of nitrogens with zero attached hydrogens (tertiary/aromatic N) is 2. The van der Waals surface area contributed by atoms with Gasteiger partial charge in [0.2, 0.25) is 10.0 Å². The summed E-state index contributed by atoms with van der Waals surface area (Å²) in [6.45, 7) is 2.03. The van der Waals surface area contributed by atoms with E-state index in [1.807, 2.05) is 0 Å². The summed E-state index contributed by atoms with van der Waals surface area (Å²) in [6, 6.07) is 15.9. The number of aryl methyl sites for hydroxylation is 1. The van der Waals surface area contributed by atoms with E-state index in [1.165, 1.54) is 42.5 Å². The minimum atomic E-state index is -3.75. The summed E-state index contributed by atoms with van der Waals surface area (Å²) in [5, 5.41) is 13.9. The van der Waals surface area contributed by atoms with Gasteiger partial charge in [0.05, 0.1) is 30.0 Å². The molecule has 0 bridgehead atoms. The molecule has 0 fully saturated rings. The zero-order chi connectivity index (χ0) is 25.6. The van der Waals surface area contributed by atoms with Crippen molar-refractivity contribution in [1.82, 2.24) is 5.32 Å². The Morgan fingerprint density at radius 1 is 1.09 bits per heavy atom. The molecule has 3 aromatic carbocycles. The molecule has 0 saturated carbocycles. The van der Waals surface area contributed by atoms with Crippen LogP contribution in [0, 0.1) is 22.9 Å².